The van der Waals surface area contributed by atoms with Crippen molar-refractivity contribution in [3.05, 3.63) is 82.6 Å². The highest BCUT2D eigenvalue weighted by molar-refractivity contribution is 6.31. The Hall–Kier alpha value is -3.13. The maximum Gasteiger partial charge on any atom is 0.257 e. The van der Waals surface area contributed by atoms with Gasteiger partial charge in [0.1, 0.15) is 5.82 Å². The summed E-state index contributed by atoms with van der Waals surface area (Å²) in [4.78, 5) is 16.1. The van der Waals surface area contributed by atoms with Gasteiger partial charge < -0.3 is 10.6 Å². The van der Waals surface area contributed by atoms with Crippen molar-refractivity contribution >= 4 is 34.6 Å². The largest absolute Gasteiger partial charge is 0.354 e. The van der Waals surface area contributed by atoms with Gasteiger partial charge in [0.25, 0.3) is 5.91 Å². The minimum absolute atomic E-state index is 0.0253. The Morgan fingerprint density at radius 3 is 2.37 bits per heavy atom. The fraction of sp³-hybridized carbons (Fsp3) is 0. The van der Waals surface area contributed by atoms with Gasteiger partial charge in [-0.2, -0.15) is 0 Å². The third-order valence-corrected chi connectivity index (χ3v) is 3.78. The number of benzene rings is 2. The van der Waals surface area contributed by atoms with Gasteiger partial charge in [0.2, 0.25) is 0 Å². The van der Waals surface area contributed by atoms with E-state index in [1.807, 2.05) is 0 Å². The second-order valence-electron chi connectivity index (χ2n) is 5.39. The van der Waals surface area contributed by atoms with Crippen LogP contribution in [0.1, 0.15) is 10.4 Å². The molecule has 138 valence electrons. The third-order valence-electron chi connectivity index (χ3n) is 3.49. The Morgan fingerprint density at radius 2 is 1.63 bits per heavy atom. The topological polar surface area (TPSA) is 54.0 Å². The van der Waals surface area contributed by atoms with Crippen molar-refractivity contribution in [3.63, 3.8) is 0 Å². The van der Waals surface area contributed by atoms with E-state index in [4.69, 9.17) is 11.6 Å². The first-order valence-electron chi connectivity index (χ1n) is 7.47. The van der Waals surface area contributed by atoms with Crippen LogP contribution in [0.5, 0.6) is 0 Å². The summed E-state index contributed by atoms with van der Waals surface area (Å²) in [5.74, 6) is -5.92. The van der Waals surface area contributed by atoms with E-state index in [1.165, 1.54) is 36.7 Å². The van der Waals surface area contributed by atoms with E-state index in [0.29, 0.717) is 17.4 Å². The lowest BCUT2D eigenvalue weighted by molar-refractivity contribution is 0.102. The van der Waals surface area contributed by atoms with Gasteiger partial charge in [0.15, 0.2) is 17.5 Å². The fourth-order valence-corrected chi connectivity index (χ4v) is 2.37. The zero-order valence-corrected chi connectivity index (χ0v) is 14.1. The zero-order chi connectivity index (χ0) is 19.6. The highest BCUT2D eigenvalue weighted by Crippen LogP contribution is 2.24. The highest BCUT2D eigenvalue weighted by Gasteiger charge is 2.16. The normalized spacial score (nSPS) is 10.6. The van der Waals surface area contributed by atoms with Crippen molar-refractivity contribution < 1.29 is 22.4 Å². The van der Waals surface area contributed by atoms with E-state index >= 15 is 0 Å². The minimum atomic E-state index is -1.69. The Bertz CT molecular complexity index is 1030. The summed E-state index contributed by atoms with van der Waals surface area (Å²) in [6, 6.07) is 6.94. The maximum atomic E-state index is 13.7. The smallest absolute Gasteiger partial charge is 0.257 e. The molecule has 1 heterocycles. The molecule has 0 aliphatic heterocycles. The Balaban J connectivity index is 1.79. The van der Waals surface area contributed by atoms with Crippen LogP contribution in [-0.2, 0) is 0 Å². The summed E-state index contributed by atoms with van der Waals surface area (Å²) in [5, 5.41) is 4.94. The van der Waals surface area contributed by atoms with Gasteiger partial charge in [0, 0.05) is 11.9 Å². The van der Waals surface area contributed by atoms with E-state index in [0.717, 1.165) is 6.07 Å². The molecule has 3 rings (SSSR count). The summed E-state index contributed by atoms with van der Waals surface area (Å²) >= 11 is 5.70. The predicted octanol–water partition coefficient (Wildman–Crippen LogP) is 5.29. The first-order chi connectivity index (χ1) is 12.8. The van der Waals surface area contributed by atoms with Gasteiger partial charge in [-0.1, -0.05) is 11.6 Å². The minimum Gasteiger partial charge on any atom is -0.354 e. The molecule has 0 saturated carbocycles. The molecule has 2 aromatic carbocycles. The average Bonchev–Trinajstić information content (AvgIpc) is 2.65. The standard InChI is InChI=1S/C18H10ClF4N3O/c19-12-6-10(1-2-13(12)20)25-11-5-9(7-24-8-11)18(27)26-15-4-3-14(21)16(22)17(15)23/h1-8,25H,(H,26,27). The van der Waals surface area contributed by atoms with Crippen molar-refractivity contribution in [2.24, 2.45) is 0 Å². The molecule has 0 saturated heterocycles. The number of carbonyl (C=O) groups excluding carboxylic acids is 1. The van der Waals surface area contributed by atoms with Gasteiger partial charge in [-0.05, 0) is 36.4 Å². The van der Waals surface area contributed by atoms with Crippen LogP contribution in [-0.4, -0.2) is 10.9 Å². The Kier molecular flexibility index (Phi) is 5.27. The number of hydrogen-bond donors (Lipinski definition) is 2. The zero-order valence-electron chi connectivity index (χ0n) is 13.4. The van der Waals surface area contributed by atoms with E-state index in [9.17, 15) is 22.4 Å². The molecular formula is C18H10ClF4N3O. The molecule has 0 spiro atoms. The number of halogens is 5. The molecule has 0 radical (unpaired) electrons. The number of aromatic nitrogens is 1. The first kappa shape index (κ1) is 18.7. The SMILES string of the molecule is O=C(Nc1ccc(F)c(F)c1F)c1cncc(Nc2ccc(F)c(Cl)c2)c1. The van der Waals surface area contributed by atoms with Crippen molar-refractivity contribution in [2.45, 2.75) is 0 Å². The number of carbonyl (C=O) groups is 1. The lowest BCUT2D eigenvalue weighted by Crippen LogP contribution is -2.14. The summed E-state index contributed by atoms with van der Waals surface area (Å²) in [6.07, 6.45) is 2.60. The molecule has 0 aliphatic carbocycles. The van der Waals surface area contributed by atoms with Crippen molar-refractivity contribution in [1.29, 1.82) is 0 Å². The van der Waals surface area contributed by atoms with Crippen molar-refractivity contribution in [2.75, 3.05) is 10.6 Å². The van der Waals surface area contributed by atoms with Crippen LogP contribution in [0.4, 0.5) is 34.6 Å². The molecular weight excluding hydrogens is 386 g/mol. The highest BCUT2D eigenvalue weighted by atomic mass is 35.5. The van der Waals surface area contributed by atoms with Crippen molar-refractivity contribution in [1.82, 2.24) is 4.98 Å². The molecule has 9 heteroatoms. The maximum absolute atomic E-state index is 13.7. The van der Waals surface area contributed by atoms with Gasteiger partial charge in [0.05, 0.1) is 28.2 Å². The van der Waals surface area contributed by atoms with Crippen molar-refractivity contribution in [3.8, 4) is 0 Å². The molecule has 27 heavy (non-hydrogen) atoms. The van der Waals surface area contributed by atoms with Crippen LogP contribution in [0.15, 0.2) is 48.8 Å². The molecule has 1 amide bonds. The van der Waals surface area contributed by atoms with Gasteiger partial charge in [-0.25, -0.2) is 17.6 Å². The number of hydrogen-bond acceptors (Lipinski definition) is 3. The van der Waals surface area contributed by atoms with Gasteiger partial charge in [-0.15, -0.1) is 0 Å². The first-order valence-corrected chi connectivity index (χ1v) is 7.85. The third kappa shape index (κ3) is 4.17. The number of anilines is 3. The molecule has 0 bridgehead atoms. The van der Waals surface area contributed by atoms with Gasteiger partial charge in [-0.3, -0.25) is 9.78 Å². The monoisotopic (exact) mass is 395 g/mol. The lowest BCUT2D eigenvalue weighted by atomic mass is 10.2. The molecule has 3 aromatic rings. The number of pyridine rings is 1. The molecule has 4 nitrogen and oxygen atoms in total. The summed E-state index contributed by atoms with van der Waals surface area (Å²) in [7, 11) is 0. The van der Waals surface area contributed by atoms with Crippen LogP contribution in [0.25, 0.3) is 0 Å². The number of nitrogens with zero attached hydrogens (tertiary/aromatic N) is 1. The fourth-order valence-electron chi connectivity index (χ4n) is 2.19. The number of rotatable bonds is 4. The Morgan fingerprint density at radius 1 is 0.889 bits per heavy atom. The number of nitrogens with one attached hydrogen (secondary N) is 2. The molecule has 0 unspecified atom stereocenters. The molecule has 0 aliphatic rings. The molecule has 0 fully saturated rings. The second kappa shape index (κ2) is 7.63. The predicted molar refractivity (Wildman–Crippen MR) is 93.2 cm³/mol. The van der Waals surface area contributed by atoms with Crippen LogP contribution in [0.2, 0.25) is 5.02 Å². The lowest BCUT2D eigenvalue weighted by Gasteiger charge is -2.10. The van der Waals surface area contributed by atoms with E-state index in [1.54, 1.807) is 0 Å². The quantitative estimate of drug-likeness (QED) is 0.466. The van der Waals surface area contributed by atoms with E-state index in [2.05, 4.69) is 15.6 Å². The summed E-state index contributed by atoms with van der Waals surface area (Å²) in [5.41, 5.74) is 0.336. The Labute approximate surface area is 155 Å². The molecule has 2 N–H and O–H groups in total. The van der Waals surface area contributed by atoms with Crippen LogP contribution < -0.4 is 10.6 Å². The second-order valence-corrected chi connectivity index (χ2v) is 5.80. The summed E-state index contributed by atoms with van der Waals surface area (Å²) < 4.78 is 53.1. The average molecular weight is 396 g/mol. The van der Waals surface area contributed by atoms with Crippen LogP contribution in [0, 0.1) is 23.3 Å². The number of amides is 1. The molecule has 0 atom stereocenters. The molecule has 1 aromatic heterocycles. The van der Waals surface area contributed by atoms with E-state index < -0.39 is 34.9 Å². The van der Waals surface area contributed by atoms with Gasteiger partial charge >= 0.3 is 0 Å². The van der Waals surface area contributed by atoms with Crippen LogP contribution in [0.3, 0.4) is 0 Å². The van der Waals surface area contributed by atoms with E-state index in [-0.39, 0.29) is 10.6 Å². The summed E-state index contributed by atoms with van der Waals surface area (Å²) in [6.45, 7) is 0. The van der Waals surface area contributed by atoms with Crippen LogP contribution >= 0.6 is 11.6 Å².